The van der Waals surface area contributed by atoms with E-state index in [9.17, 15) is 9.59 Å². The van der Waals surface area contributed by atoms with Gasteiger partial charge in [-0.05, 0) is 30.5 Å². The topological polar surface area (TPSA) is 58.6 Å². The van der Waals surface area contributed by atoms with Crippen LogP contribution in [0.15, 0.2) is 48.5 Å². The number of carbonyl (C=O) groups is 2. The summed E-state index contributed by atoms with van der Waals surface area (Å²) in [4.78, 5) is 27.4. The SMILES string of the molecule is COCCCNC(=O)[C@H]1c2ccccc2C(=O)N1Cc1ccc(C)cc1. The number of rotatable bonds is 7. The summed E-state index contributed by atoms with van der Waals surface area (Å²) >= 11 is 0. The summed E-state index contributed by atoms with van der Waals surface area (Å²) in [5.41, 5.74) is 3.55. The van der Waals surface area contributed by atoms with Crippen LogP contribution in [0.3, 0.4) is 0 Å². The number of ether oxygens (including phenoxy) is 1. The zero-order chi connectivity index (χ0) is 18.5. The van der Waals surface area contributed by atoms with Crippen molar-refractivity contribution in [1.29, 1.82) is 0 Å². The van der Waals surface area contributed by atoms with Gasteiger partial charge in [-0.1, -0.05) is 48.0 Å². The fourth-order valence-corrected chi connectivity index (χ4v) is 3.23. The van der Waals surface area contributed by atoms with E-state index in [1.54, 1.807) is 18.1 Å². The van der Waals surface area contributed by atoms with Gasteiger partial charge in [-0.2, -0.15) is 0 Å². The van der Waals surface area contributed by atoms with Crippen LogP contribution in [0.1, 0.15) is 39.5 Å². The van der Waals surface area contributed by atoms with Crippen molar-refractivity contribution in [1.82, 2.24) is 10.2 Å². The van der Waals surface area contributed by atoms with Crippen LogP contribution in [0.4, 0.5) is 0 Å². The van der Waals surface area contributed by atoms with E-state index in [-0.39, 0.29) is 11.8 Å². The fourth-order valence-electron chi connectivity index (χ4n) is 3.23. The van der Waals surface area contributed by atoms with Crippen molar-refractivity contribution in [3.63, 3.8) is 0 Å². The molecule has 136 valence electrons. The molecular formula is C21H24N2O3. The number of amides is 2. The number of nitrogens with one attached hydrogen (secondary N) is 1. The number of hydrogen-bond donors (Lipinski definition) is 1. The standard InChI is InChI=1S/C21H24N2O3/c1-15-8-10-16(11-9-15)14-23-19(20(24)22-12-5-13-26-2)17-6-3-4-7-18(17)21(23)25/h3-4,6-11,19H,5,12-14H2,1-2H3,(H,22,24)/t19-/m1/s1. The quantitative estimate of drug-likeness (QED) is 0.780. The van der Waals surface area contributed by atoms with Crippen molar-refractivity contribution in [2.75, 3.05) is 20.3 Å². The van der Waals surface area contributed by atoms with Crippen LogP contribution in [0.2, 0.25) is 0 Å². The van der Waals surface area contributed by atoms with Gasteiger partial charge in [0.2, 0.25) is 5.91 Å². The van der Waals surface area contributed by atoms with Crippen molar-refractivity contribution in [3.05, 3.63) is 70.8 Å². The van der Waals surface area contributed by atoms with Crippen LogP contribution in [0.5, 0.6) is 0 Å². The Balaban J connectivity index is 1.82. The normalized spacial score (nSPS) is 15.8. The minimum atomic E-state index is -0.595. The fraction of sp³-hybridized carbons (Fsp3) is 0.333. The van der Waals surface area contributed by atoms with E-state index in [4.69, 9.17) is 4.74 Å². The molecule has 26 heavy (non-hydrogen) atoms. The van der Waals surface area contributed by atoms with Crippen LogP contribution in [0, 0.1) is 6.92 Å². The number of benzene rings is 2. The molecule has 0 radical (unpaired) electrons. The van der Waals surface area contributed by atoms with E-state index in [0.717, 1.165) is 23.1 Å². The van der Waals surface area contributed by atoms with E-state index in [2.05, 4.69) is 5.32 Å². The molecule has 2 aromatic carbocycles. The summed E-state index contributed by atoms with van der Waals surface area (Å²) in [6.07, 6.45) is 0.739. The van der Waals surface area contributed by atoms with E-state index >= 15 is 0 Å². The lowest BCUT2D eigenvalue weighted by molar-refractivity contribution is -0.125. The Bertz CT molecular complexity index is 786. The molecule has 0 unspecified atom stereocenters. The van der Waals surface area contributed by atoms with E-state index in [1.165, 1.54) is 0 Å². The highest BCUT2D eigenvalue weighted by molar-refractivity contribution is 6.04. The Morgan fingerprint density at radius 1 is 1.15 bits per heavy atom. The maximum Gasteiger partial charge on any atom is 0.255 e. The number of aryl methyl sites for hydroxylation is 1. The molecular weight excluding hydrogens is 328 g/mol. The van der Waals surface area contributed by atoms with E-state index < -0.39 is 6.04 Å². The van der Waals surface area contributed by atoms with Gasteiger partial charge in [-0.15, -0.1) is 0 Å². The largest absolute Gasteiger partial charge is 0.385 e. The lowest BCUT2D eigenvalue weighted by Gasteiger charge is -2.25. The van der Waals surface area contributed by atoms with Crippen molar-refractivity contribution in [2.24, 2.45) is 0 Å². The first-order valence-corrected chi connectivity index (χ1v) is 8.84. The Labute approximate surface area is 154 Å². The molecule has 1 heterocycles. The Morgan fingerprint density at radius 3 is 2.62 bits per heavy atom. The van der Waals surface area contributed by atoms with Gasteiger partial charge < -0.3 is 15.0 Å². The molecule has 2 aromatic rings. The Hall–Kier alpha value is -2.66. The smallest absolute Gasteiger partial charge is 0.255 e. The first-order chi connectivity index (χ1) is 12.6. The first-order valence-electron chi connectivity index (χ1n) is 8.84. The molecule has 0 bridgehead atoms. The summed E-state index contributed by atoms with van der Waals surface area (Å²) in [7, 11) is 1.64. The van der Waals surface area contributed by atoms with Gasteiger partial charge in [0.15, 0.2) is 0 Å². The average molecular weight is 352 g/mol. The van der Waals surface area contributed by atoms with Gasteiger partial charge in [0.25, 0.3) is 5.91 Å². The van der Waals surface area contributed by atoms with Crippen molar-refractivity contribution in [3.8, 4) is 0 Å². The molecule has 1 N–H and O–H groups in total. The van der Waals surface area contributed by atoms with Crippen molar-refractivity contribution < 1.29 is 14.3 Å². The van der Waals surface area contributed by atoms with Crippen molar-refractivity contribution in [2.45, 2.75) is 25.9 Å². The average Bonchev–Trinajstić information content (AvgIpc) is 2.93. The van der Waals surface area contributed by atoms with Crippen LogP contribution < -0.4 is 5.32 Å². The number of methoxy groups -OCH3 is 1. The second-order valence-electron chi connectivity index (χ2n) is 6.55. The lowest BCUT2D eigenvalue weighted by Crippen LogP contribution is -2.39. The van der Waals surface area contributed by atoms with Crippen LogP contribution in [-0.2, 0) is 16.1 Å². The van der Waals surface area contributed by atoms with Gasteiger partial charge in [0.1, 0.15) is 6.04 Å². The number of fused-ring (bicyclic) bond motifs is 1. The molecule has 0 fully saturated rings. The summed E-state index contributed by atoms with van der Waals surface area (Å²) in [5.74, 6) is -0.246. The van der Waals surface area contributed by atoms with Gasteiger partial charge in [0.05, 0.1) is 0 Å². The second kappa shape index (κ2) is 8.15. The predicted octanol–water partition coefficient (Wildman–Crippen LogP) is 2.84. The maximum absolute atomic E-state index is 12.9. The van der Waals surface area contributed by atoms with Gasteiger partial charge >= 0.3 is 0 Å². The van der Waals surface area contributed by atoms with Crippen LogP contribution in [0.25, 0.3) is 0 Å². The third kappa shape index (κ3) is 3.78. The van der Waals surface area contributed by atoms with Gasteiger partial charge in [-0.25, -0.2) is 0 Å². The minimum Gasteiger partial charge on any atom is -0.385 e. The summed E-state index contributed by atoms with van der Waals surface area (Å²) in [6.45, 7) is 3.55. The monoisotopic (exact) mass is 352 g/mol. The summed E-state index contributed by atoms with van der Waals surface area (Å²) in [6, 6.07) is 14.8. The lowest BCUT2D eigenvalue weighted by atomic mass is 10.0. The molecule has 0 saturated heterocycles. The Kier molecular flexibility index (Phi) is 5.68. The number of hydrogen-bond acceptors (Lipinski definition) is 3. The molecule has 1 aliphatic rings. The molecule has 1 aliphatic heterocycles. The Morgan fingerprint density at radius 2 is 1.88 bits per heavy atom. The molecule has 2 amide bonds. The molecule has 0 spiro atoms. The molecule has 0 aliphatic carbocycles. The molecule has 5 nitrogen and oxygen atoms in total. The highest BCUT2D eigenvalue weighted by Crippen LogP contribution is 2.34. The second-order valence-corrected chi connectivity index (χ2v) is 6.55. The highest BCUT2D eigenvalue weighted by Gasteiger charge is 2.40. The van der Waals surface area contributed by atoms with Crippen LogP contribution >= 0.6 is 0 Å². The zero-order valence-electron chi connectivity index (χ0n) is 15.2. The van der Waals surface area contributed by atoms with Gasteiger partial charge in [-0.3, -0.25) is 9.59 Å². The van der Waals surface area contributed by atoms with Gasteiger partial charge in [0, 0.05) is 32.4 Å². The molecule has 0 aromatic heterocycles. The van der Waals surface area contributed by atoms with Crippen LogP contribution in [-0.4, -0.2) is 37.0 Å². The minimum absolute atomic E-state index is 0.0989. The molecule has 1 atom stereocenters. The molecule has 3 rings (SSSR count). The third-order valence-electron chi connectivity index (χ3n) is 4.60. The maximum atomic E-state index is 12.9. The highest BCUT2D eigenvalue weighted by atomic mass is 16.5. The van der Waals surface area contributed by atoms with E-state index in [1.807, 2.05) is 49.4 Å². The van der Waals surface area contributed by atoms with E-state index in [0.29, 0.717) is 25.3 Å². The molecule has 5 heteroatoms. The first kappa shape index (κ1) is 18.1. The summed E-state index contributed by atoms with van der Waals surface area (Å²) < 4.78 is 5.02. The van der Waals surface area contributed by atoms with Crippen molar-refractivity contribution >= 4 is 11.8 Å². The predicted molar refractivity (Wildman–Crippen MR) is 99.7 cm³/mol. The number of nitrogens with zero attached hydrogens (tertiary/aromatic N) is 1. The zero-order valence-corrected chi connectivity index (χ0v) is 15.2. The third-order valence-corrected chi connectivity index (χ3v) is 4.60. The number of carbonyl (C=O) groups excluding carboxylic acids is 2. The summed E-state index contributed by atoms with van der Waals surface area (Å²) in [5, 5.41) is 2.93. The molecule has 0 saturated carbocycles.